The number of carboxylic acid groups (broad SMARTS) is 1. The SMILES string of the molecule is Cc1cc2nc(C(=O)O)cn2nc1-c1ccccc1C(F)(F)F. The fourth-order valence-corrected chi connectivity index (χ4v) is 2.32. The van der Waals surface area contributed by atoms with Gasteiger partial charge in [-0.3, -0.25) is 0 Å². The van der Waals surface area contributed by atoms with Gasteiger partial charge in [0, 0.05) is 5.56 Å². The summed E-state index contributed by atoms with van der Waals surface area (Å²) in [6, 6.07) is 6.62. The van der Waals surface area contributed by atoms with Crippen LogP contribution in [-0.4, -0.2) is 25.7 Å². The van der Waals surface area contributed by atoms with Gasteiger partial charge in [-0.05, 0) is 24.6 Å². The fraction of sp³-hybridized carbons (Fsp3) is 0.133. The van der Waals surface area contributed by atoms with Crippen LogP contribution < -0.4 is 0 Å². The summed E-state index contributed by atoms with van der Waals surface area (Å²) < 4.78 is 40.7. The van der Waals surface area contributed by atoms with Gasteiger partial charge in [-0.2, -0.15) is 18.3 Å². The number of halogens is 3. The maximum Gasteiger partial charge on any atom is 0.417 e. The van der Waals surface area contributed by atoms with Crippen LogP contribution >= 0.6 is 0 Å². The normalized spacial score (nSPS) is 11.8. The van der Waals surface area contributed by atoms with Crippen molar-refractivity contribution in [3.63, 3.8) is 0 Å². The van der Waals surface area contributed by atoms with E-state index in [-0.39, 0.29) is 22.6 Å². The van der Waals surface area contributed by atoms with Crippen LogP contribution in [0.3, 0.4) is 0 Å². The third kappa shape index (κ3) is 2.63. The van der Waals surface area contributed by atoms with Crippen molar-refractivity contribution in [2.75, 3.05) is 0 Å². The Hall–Kier alpha value is -2.90. The molecule has 0 fully saturated rings. The number of nitrogens with zero attached hydrogens (tertiary/aromatic N) is 3. The first-order valence-corrected chi connectivity index (χ1v) is 6.54. The molecule has 1 aromatic carbocycles. The van der Waals surface area contributed by atoms with Gasteiger partial charge in [-0.15, -0.1) is 0 Å². The van der Waals surface area contributed by atoms with E-state index in [9.17, 15) is 18.0 Å². The molecule has 0 bridgehead atoms. The monoisotopic (exact) mass is 321 g/mol. The van der Waals surface area contributed by atoms with Crippen molar-refractivity contribution in [2.24, 2.45) is 0 Å². The van der Waals surface area contributed by atoms with Crippen molar-refractivity contribution in [3.8, 4) is 11.3 Å². The topological polar surface area (TPSA) is 67.5 Å². The van der Waals surface area contributed by atoms with Crippen LogP contribution in [0.15, 0.2) is 36.5 Å². The molecule has 0 unspecified atom stereocenters. The molecule has 0 spiro atoms. The van der Waals surface area contributed by atoms with E-state index < -0.39 is 17.7 Å². The predicted molar refractivity (Wildman–Crippen MR) is 75.1 cm³/mol. The number of fused-ring (bicyclic) bond motifs is 1. The molecular formula is C15H10F3N3O2. The minimum Gasteiger partial charge on any atom is -0.476 e. The molecule has 0 amide bonds. The summed E-state index contributed by atoms with van der Waals surface area (Å²) in [6.45, 7) is 1.60. The highest BCUT2D eigenvalue weighted by Gasteiger charge is 2.34. The highest BCUT2D eigenvalue weighted by atomic mass is 19.4. The molecule has 2 aromatic heterocycles. The molecule has 118 valence electrons. The highest BCUT2D eigenvalue weighted by Crippen LogP contribution is 2.37. The lowest BCUT2D eigenvalue weighted by Crippen LogP contribution is -2.08. The Labute approximate surface area is 128 Å². The zero-order chi connectivity index (χ0) is 16.8. The molecule has 0 aliphatic rings. The largest absolute Gasteiger partial charge is 0.476 e. The lowest BCUT2D eigenvalue weighted by molar-refractivity contribution is -0.137. The van der Waals surface area contributed by atoms with Gasteiger partial charge >= 0.3 is 12.1 Å². The Morgan fingerprint density at radius 1 is 1.26 bits per heavy atom. The molecule has 0 saturated carbocycles. The van der Waals surface area contributed by atoms with E-state index in [0.717, 1.165) is 12.3 Å². The minimum absolute atomic E-state index is 0.0648. The van der Waals surface area contributed by atoms with Gasteiger partial charge in [0.2, 0.25) is 0 Å². The quantitative estimate of drug-likeness (QED) is 0.785. The van der Waals surface area contributed by atoms with Crippen molar-refractivity contribution in [1.82, 2.24) is 14.6 Å². The lowest BCUT2D eigenvalue weighted by atomic mass is 10.0. The van der Waals surface area contributed by atoms with E-state index in [1.54, 1.807) is 6.92 Å². The first-order chi connectivity index (χ1) is 10.8. The molecule has 5 nitrogen and oxygen atoms in total. The minimum atomic E-state index is -4.51. The zero-order valence-electron chi connectivity index (χ0n) is 11.8. The molecule has 8 heteroatoms. The number of benzene rings is 1. The smallest absolute Gasteiger partial charge is 0.417 e. The molecule has 1 N–H and O–H groups in total. The molecule has 23 heavy (non-hydrogen) atoms. The second-order valence-electron chi connectivity index (χ2n) is 4.95. The second kappa shape index (κ2) is 5.08. The van der Waals surface area contributed by atoms with E-state index in [0.29, 0.717) is 5.56 Å². The maximum atomic E-state index is 13.2. The van der Waals surface area contributed by atoms with Crippen molar-refractivity contribution in [3.05, 3.63) is 53.3 Å². The second-order valence-corrected chi connectivity index (χ2v) is 4.95. The van der Waals surface area contributed by atoms with E-state index in [1.165, 1.54) is 28.8 Å². The van der Waals surface area contributed by atoms with E-state index in [4.69, 9.17) is 5.11 Å². The number of aromatic carboxylic acids is 1. The van der Waals surface area contributed by atoms with Gasteiger partial charge in [0.25, 0.3) is 0 Å². The summed E-state index contributed by atoms with van der Waals surface area (Å²) in [5.74, 6) is -1.23. The molecule has 0 radical (unpaired) electrons. The average molecular weight is 321 g/mol. The van der Waals surface area contributed by atoms with Crippen LogP contribution in [0, 0.1) is 6.92 Å². The van der Waals surface area contributed by atoms with E-state index in [1.807, 2.05) is 0 Å². The van der Waals surface area contributed by atoms with Gasteiger partial charge in [-0.1, -0.05) is 18.2 Å². The Kier molecular flexibility index (Phi) is 3.32. The van der Waals surface area contributed by atoms with Crippen LogP contribution in [0.2, 0.25) is 0 Å². The molecule has 3 aromatic rings. The third-order valence-corrected chi connectivity index (χ3v) is 3.35. The van der Waals surface area contributed by atoms with Gasteiger partial charge in [0.15, 0.2) is 11.3 Å². The van der Waals surface area contributed by atoms with Gasteiger partial charge in [0.05, 0.1) is 17.5 Å². The summed E-state index contributed by atoms with van der Waals surface area (Å²) in [4.78, 5) is 14.8. The number of carbonyl (C=O) groups is 1. The molecule has 3 rings (SSSR count). The number of aromatic nitrogens is 3. The van der Waals surface area contributed by atoms with Gasteiger partial charge in [-0.25, -0.2) is 14.3 Å². The first-order valence-electron chi connectivity index (χ1n) is 6.54. The summed E-state index contributed by atoms with van der Waals surface area (Å²) in [6.07, 6.45) is -3.35. The number of alkyl halides is 3. The molecule has 2 heterocycles. The van der Waals surface area contributed by atoms with E-state index in [2.05, 4.69) is 10.1 Å². The Balaban J connectivity index is 2.25. The zero-order valence-corrected chi connectivity index (χ0v) is 11.8. The van der Waals surface area contributed by atoms with Crippen molar-refractivity contribution in [2.45, 2.75) is 13.1 Å². The molecule has 0 aliphatic carbocycles. The number of carboxylic acids is 1. The van der Waals surface area contributed by atoms with Gasteiger partial charge in [0.1, 0.15) is 0 Å². The molecular weight excluding hydrogens is 311 g/mol. The molecule has 0 atom stereocenters. The Morgan fingerprint density at radius 2 is 1.96 bits per heavy atom. The third-order valence-electron chi connectivity index (χ3n) is 3.35. The lowest BCUT2D eigenvalue weighted by Gasteiger charge is -2.13. The van der Waals surface area contributed by atoms with Crippen molar-refractivity contribution >= 4 is 11.6 Å². The maximum absolute atomic E-state index is 13.2. The number of hydrogen-bond donors (Lipinski definition) is 1. The number of hydrogen-bond acceptors (Lipinski definition) is 3. The summed E-state index contributed by atoms with van der Waals surface area (Å²) in [5.41, 5.74) is -0.235. The van der Waals surface area contributed by atoms with Crippen LogP contribution in [-0.2, 0) is 6.18 Å². The summed E-state index contributed by atoms with van der Waals surface area (Å²) in [5, 5.41) is 13.1. The summed E-state index contributed by atoms with van der Waals surface area (Å²) >= 11 is 0. The number of imidazole rings is 1. The van der Waals surface area contributed by atoms with E-state index >= 15 is 0 Å². The van der Waals surface area contributed by atoms with Gasteiger partial charge < -0.3 is 5.11 Å². The van der Waals surface area contributed by atoms with Crippen LogP contribution in [0.5, 0.6) is 0 Å². The number of aryl methyl sites for hydroxylation is 1. The van der Waals surface area contributed by atoms with Crippen LogP contribution in [0.4, 0.5) is 13.2 Å². The Morgan fingerprint density at radius 3 is 2.61 bits per heavy atom. The molecule has 0 saturated heterocycles. The van der Waals surface area contributed by atoms with Crippen LogP contribution in [0.25, 0.3) is 16.9 Å². The summed E-state index contributed by atoms with van der Waals surface area (Å²) in [7, 11) is 0. The number of rotatable bonds is 2. The Bertz CT molecular complexity index is 916. The predicted octanol–water partition coefficient (Wildman–Crippen LogP) is 3.42. The molecule has 0 aliphatic heterocycles. The first kappa shape index (κ1) is 15.0. The standard InChI is InChI=1S/C15H10F3N3O2/c1-8-6-12-19-11(14(22)23)7-21(12)20-13(8)9-4-2-3-5-10(9)15(16,17)18/h2-7H,1H3,(H,22,23). The average Bonchev–Trinajstić information content (AvgIpc) is 2.88. The van der Waals surface area contributed by atoms with Crippen LogP contribution in [0.1, 0.15) is 21.6 Å². The van der Waals surface area contributed by atoms with Crippen molar-refractivity contribution in [1.29, 1.82) is 0 Å². The highest BCUT2D eigenvalue weighted by molar-refractivity contribution is 5.86. The van der Waals surface area contributed by atoms with Crippen molar-refractivity contribution < 1.29 is 23.1 Å². The fourth-order valence-electron chi connectivity index (χ4n) is 2.32.